The molecule has 2 aliphatic rings. The van der Waals surface area contributed by atoms with Crippen molar-refractivity contribution in [2.24, 2.45) is 5.41 Å². The van der Waals surface area contributed by atoms with Gasteiger partial charge in [0, 0.05) is 17.6 Å². The van der Waals surface area contributed by atoms with Crippen LogP contribution in [0.1, 0.15) is 70.4 Å². The number of amides is 2. The maximum Gasteiger partial charge on any atom is 0.313 e. The van der Waals surface area contributed by atoms with Crippen LogP contribution in [0.25, 0.3) is 0 Å². The van der Waals surface area contributed by atoms with E-state index in [0.717, 1.165) is 37.8 Å². The summed E-state index contributed by atoms with van der Waals surface area (Å²) in [6.45, 7) is 5.40. The molecule has 2 N–H and O–H groups in total. The summed E-state index contributed by atoms with van der Waals surface area (Å²) in [4.78, 5) is 37.5. The zero-order valence-corrected chi connectivity index (χ0v) is 17.7. The number of carbonyl (C=O) groups is 3. The minimum Gasteiger partial charge on any atom is -0.455 e. The highest BCUT2D eigenvalue weighted by atomic mass is 16.5. The summed E-state index contributed by atoms with van der Waals surface area (Å²) in [5.74, 6) is -0.953. The average molecular weight is 401 g/mol. The van der Waals surface area contributed by atoms with Gasteiger partial charge in [0.2, 0.25) is 5.91 Å². The molecule has 1 aromatic carbocycles. The SMILES string of the molecule is CC(C)(C)NC(=O)CC1(C(=O)OCC(=O)Nc2ccc3c(c2)CCC3)CCCC1. The van der Waals surface area contributed by atoms with Crippen molar-refractivity contribution < 1.29 is 19.1 Å². The van der Waals surface area contributed by atoms with E-state index >= 15 is 0 Å². The molecule has 0 aliphatic heterocycles. The fourth-order valence-corrected chi connectivity index (χ4v) is 4.41. The molecule has 6 nitrogen and oxygen atoms in total. The molecular formula is C23H32N2O4. The minimum absolute atomic E-state index is 0.107. The lowest BCUT2D eigenvalue weighted by Gasteiger charge is -2.28. The first-order valence-electron chi connectivity index (χ1n) is 10.6. The first-order valence-corrected chi connectivity index (χ1v) is 10.6. The van der Waals surface area contributed by atoms with Crippen LogP contribution in [-0.4, -0.2) is 29.9 Å². The Morgan fingerprint density at radius 2 is 1.69 bits per heavy atom. The standard InChI is InChI=1S/C23H32N2O4/c1-22(2,3)25-19(26)14-23(11-4-5-12-23)21(28)29-15-20(27)24-18-10-9-16-7-6-8-17(16)13-18/h9-10,13H,4-8,11-12,14-15H2,1-3H3,(H,24,27)(H,25,26). The number of hydrogen-bond donors (Lipinski definition) is 2. The summed E-state index contributed by atoms with van der Waals surface area (Å²) in [5.41, 5.74) is 2.17. The van der Waals surface area contributed by atoms with E-state index in [4.69, 9.17) is 4.74 Å². The van der Waals surface area contributed by atoms with Gasteiger partial charge in [0.15, 0.2) is 6.61 Å². The van der Waals surface area contributed by atoms with Gasteiger partial charge in [0.25, 0.3) is 5.91 Å². The Morgan fingerprint density at radius 1 is 1.00 bits per heavy atom. The third-order valence-electron chi connectivity index (χ3n) is 5.72. The zero-order valence-electron chi connectivity index (χ0n) is 17.7. The van der Waals surface area contributed by atoms with Gasteiger partial charge in [-0.3, -0.25) is 14.4 Å². The predicted octanol–water partition coefficient (Wildman–Crippen LogP) is 3.52. The van der Waals surface area contributed by atoms with Crippen molar-refractivity contribution in [3.63, 3.8) is 0 Å². The van der Waals surface area contributed by atoms with Gasteiger partial charge in [0.1, 0.15) is 0 Å². The number of hydrogen-bond acceptors (Lipinski definition) is 4. The lowest BCUT2D eigenvalue weighted by Crippen LogP contribution is -2.44. The summed E-state index contributed by atoms with van der Waals surface area (Å²) in [7, 11) is 0. The van der Waals surface area contributed by atoms with Gasteiger partial charge < -0.3 is 15.4 Å². The maximum absolute atomic E-state index is 12.8. The van der Waals surface area contributed by atoms with Gasteiger partial charge in [0.05, 0.1) is 5.41 Å². The van der Waals surface area contributed by atoms with Crippen LogP contribution in [0.3, 0.4) is 0 Å². The quantitative estimate of drug-likeness (QED) is 0.716. The molecule has 0 bridgehead atoms. The van der Waals surface area contributed by atoms with Crippen molar-refractivity contribution in [3.8, 4) is 0 Å². The highest BCUT2D eigenvalue weighted by molar-refractivity contribution is 5.94. The highest BCUT2D eigenvalue weighted by Crippen LogP contribution is 2.42. The fraction of sp³-hybridized carbons (Fsp3) is 0.609. The Balaban J connectivity index is 1.54. The van der Waals surface area contributed by atoms with Gasteiger partial charge in [-0.1, -0.05) is 18.9 Å². The van der Waals surface area contributed by atoms with Gasteiger partial charge in [-0.05, 0) is 76.1 Å². The van der Waals surface area contributed by atoms with Crippen LogP contribution in [0.15, 0.2) is 18.2 Å². The summed E-state index contributed by atoms with van der Waals surface area (Å²) >= 11 is 0. The van der Waals surface area contributed by atoms with Gasteiger partial charge in [-0.15, -0.1) is 0 Å². The van der Waals surface area contributed by atoms with Crippen LogP contribution in [0.5, 0.6) is 0 Å². The first kappa shape index (κ1) is 21.3. The molecule has 0 heterocycles. The smallest absolute Gasteiger partial charge is 0.313 e. The maximum atomic E-state index is 12.8. The third-order valence-corrected chi connectivity index (χ3v) is 5.72. The molecule has 0 saturated heterocycles. The highest BCUT2D eigenvalue weighted by Gasteiger charge is 2.44. The van der Waals surface area contributed by atoms with Crippen molar-refractivity contribution in [2.75, 3.05) is 11.9 Å². The first-order chi connectivity index (χ1) is 13.7. The van der Waals surface area contributed by atoms with Crippen LogP contribution in [0.4, 0.5) is 5.69 Å². The zero-order chi connectivity index (χ0) is 21.1. The normalized spacial score (nSPS) is 17.5. The Hall–Kier alpha value is -2.37. The molecule has 1 saturated carbocycles. The molecule has 3 rings (SSSR count). The van der Waals surface area contributed by atoms with Crippen LogP contribution < -0.4 is 10.6 Å². The molecule has 2 amide bonds. The number of ether oxygens (including phenoxy) is 1. The summed E-state index contributed by atoms with van der Waals surface area (Å²) in [5, 5.41) is 5.72. The molecule has 0 atom stereocenters. The second-order valence-electron chi connectivity index (χ2n) is 9.42. The van der Waals surface area contributed by atoms with E-state index < -0.39 is 11.4 Å². The number of anilines is 1. The second-order valence-corrected chi connectivity index (χ2v) is 9.42. The molecule has 6 heteroatoms. The van der Waals surface area contributed by atoms with Crippen molar-refractivity contribution in [1.29, 1.82) is 0 Å². The Labute approximate surface area is 172 Å². The van der Waals surface area contributed by atoms with E-state index in [9.17, 15) is 14.4 Å². The number of carbonyl (C=O) groups excluding carboxylic acids is 3. The predicted molar refractivity (Wildman–Crippen MR) is 111 cm³/mol. The van der Waals surface area contributed by atoms with Crippen molar-refractivity contribution in [2.45, 2.75) is 77.7 Å². The number of rotatable bonds is 6. The molecule has 0 radical (unpaired) electrons. The lowest BCUT2D eigenvalue weighted by molar-refractivity contribution is -0.160. The van der Waals surface area contributed by atoms with E-state index in [1.54, 1.807) is 0 Å². The van der Waals surface area contributed by atoms with E-state index in [1.165, 1.54) is 11.1 Å². The van der Waals surface area contributed by atoms with Crippen LogP contribution >= 0.6 is 0 Å². The largest absolute Gasteiger partial charge is 0.455 e. The summed E-state index contributed by atoms with van der Waals surface area (Å²) < 4.78 is 5.36. The van der Waals surface area contributed by atoms with Crippen LogP contribution in [0.2, 0.25) is 0 Å². The molecule has 0 spiro atoms. The lowest BCUT2D eigenvalue weighted by atomic mass is 9.82. The Kier molecular flexibility index (Phi) is 6.30. The number of esters is 1. The van der Waals surface area contributed by atoms with Gasteiger partial charge in [-0.25, -0.2) is 0 Å². The monoisotopic (exact) mass is 400 g/mol. The van der Waals surface area contributed by atoms with Crippen molar-refractivity contribution in [3.05, 3.63) is 29.3 Å². The molecular weight excluding hydrogens is 368 g/mol. The number of aryl methyl sites for hydroxylation is 2. The van der Waals surface area contributed by atoms with E-state index in [0.29, 0.717) is 12.8 Å². The third kappa shape index (κ3) is 5.58. The topological polar surface area (TPSA) is 84.5 Å². The molecule has 0 aromatic heterocycles. The molecule has 29 heavy (non-hydrogen) atoms. The Bertz CT molecular complexity index is 789. The van der Waals surface area contributed by atoms with Gasteiger partial charge >= 0.3 is 5.97 Å². The Morgan fingerprint density at radius 3 is 2.38 bits per heavy atom. The second kappa shape index (κ2) is 8.56. The molecule has 0 unspecified atom stereocenters. The average Bonchev–Trinajstić information content (AvgIpc) is 3.27. The van der Waals surface area contributed by atoms with Gasteiger partial charge in [-0.2, -0.15) is 0 Å². The molecule has 2 aliphatic carbocycles. The van der Waals surface area contributed by atoms with Crippen molar-refractivity contribution in [1.82, 2.24) is 5.32 Å². The van der Waals surface area contributed by atoms with E-state index in [-0.39, 0.29) is 30.4 Å². The van der Waals surface area contributed by atoms with Crippen LogP contribution in [-0.2, 0) is 32.0 Å². The summed E-state index contributed by atoms with van der Waals surface area (Å²) in [6, 6.07) is 5.93. The summed E-state index contributed by atoms with van der Waals surface area (Å²) in [6.07, 6.45) is 6.40. The van der Waals surface area contributed by atoms with Crippen LogP contribution in [0, 0.1) is 5.41 Å². The van der Waals surface area contributed by atoms with Crippen molar-refractivity contribution >= 4 is 23.5 Å². The molecule has 1 aromatic rings. The molecule has 158 valence electrons. The van der Waals surface area contributed by atoms with E-state index in [2.05, 4.69) is 10.6 Å². The minimum atomic E-state index is -0.816. The number of benzene rings is 1. The number of fused-ring (bicyclic) bond motifs is 1. The van der Waals surface area contributed by atoms with E-state index in [1.807, 2.05) is 39.0 Å². The number of nitrogens with one attached hydrogen (secondary N) is 2. The molecule has 1 fully saturated rings. The fourth-order valence-electron chi connectivity index (χ4n) is 4.41.